The first-order valence-corrected chi connectivity index (χ1v) is 13.5. The molecule has 2 aromatic rings. The van der Waals surface area contributed by atoms with Crippen molar-refractivity contribution in [3.05, 3.63) is 46.6 Å². The van der Waals surface area contributed by atoms with Crippen molar-refractivity contribution in [1.29, 1.82) is 0 Å². The highest BCUT2D eigenvalue weighted by Gasteiger charge is 2.40. The molecular formula is C25H33ClN4O3S. The molecule has 1 amide bonds. The number of rotatable bonds is 9. The summed E-state index contributed by atoms with van der Waals surface area (Å²) in [5, 5.41) is 1.10. The van der Waals surface area contributed by atoms with E-state index in [0.717, 1.165) is 50.2 Å². The lowest BCUT2D eigenvalue weighted by molar-refractivity contribution is -0.181. The summed E-state index contributed by atoms with van der Waals surface area (Å²) >= 11 is 7.85. The minimum absolute atomic E-state index is 0.0516. The average molecular weight is 505 g/mol. The Morgan fingerprint density at radius 3 is 2.50 bits per heavy atom. The SMILES string of the molecule is CCCN(CCC)c1cc(Cl)nc(SCc2cccc(C(=O)N3CCC4(CC3)OCCO4)c2)n1. The van der Waals surface area contributed by atoms with Crippen molar-refractivity contribution in [2.24, 2.45) is 0 Å². The first-order valence-electron chi connectivity index (χ1n) is 12.1. The molecule has 9 heteroatoms. The Morgan fingerprint density at radius 1 is 1.12 bits per heavy atom. The number of benzene rings is 1. The van der Waals surface area contributed by atoms with Gasteiger partial charge in [0.2, 0.25) is 0 Å². The van der Waals surface area contributed by atoms with E-state index < -0.39 is 5.79 Å². The van der Waals surface area contributed by atoms with Crippen molar-refractivity contribution in [2.45, 2.75) is 56.2 Å². The molecule has 2 aliphatic heterocycles. The van der Waals surface area contributed by atoms with Crippen LogP contribution in [0.15, 0.2) is 35.5 Å². The van der Waals surface area contributed by atoms with Gasteiger partial charge in [0, 0.05) is 56.4 Å². The molecule has 1 aromatic heterocycles. The van der Waals surface area contributed by atoms with E-state index >= 15 is 0 Å². The second kappa shape index (κ2) is 11.7. The van der Waals surface area contributed by atoms with Crippen molar-refractivity contribution >= 4 is 35.1 Å². The fourth-order valence-electron chi connectivity index (χ4n) is 4.45. The van der Waals surface area contributed by atoms with E-state index in [9.17, 15) is 4.79 Å². The van der Waals surface area contributed by atoms with Gasteiger partial charge in [-0.1, -0.05) is 49.3 Å². The minimum atomic E-state index is -0.477. The van der Waals surface area contributed by atoms with Gasteiger partial charge in [0.15, 0.2) is 10.9 Å². The maximum absolute atomic E-state index is 13.1. The van der Waals surface area contributed by atoms with Gasteiger partial charge in [-0.25, -0.2) is 9.97 Å². The zero-order valence-electron chi connectivity index (χ0n) is 20.0. The van der Waals surface area contributed by atoms with Gasteiger partial charge in [-0.15, -0.1) is 0 Å². The lowest BCUT2D eigenvalue weighted by Gasteiger charge is -2.37. The summed E-state index contributed by atoms with van der Waals surface area (Å²) in [6.07, 6.45) is 3.53. The monoisotopic (exact) mass is 504 g/mol. The molecule has 0 unspecified atom stereocenters. The Bertz CT molecular complexity index is 970. The number of piperidine rings is 1. The highest BCUT2D eigenvalue weighted by molar-refractivity contribution is 7.98. The number of carbonyl (C=O) groups excluding carboxylic acids is 1. The van der Waals surface area contributed by atoms with E-state index in [1.165, 1.54) is 11.8 Å². The summed E-state index contributed by atoms with van der Waals surface area (Å²) in [5.74, 6) is 1.10. The van der Waals surface area contributed by atoms with E-state index in [1.54, 1.807) is 0 Å². The van der Waals surface area contributed by atoms with E-state index in [4.69, 9.17) is 26.1 Å². The Balaban J connectivity index is 1.39. The number of nitrogens with zero attached hydrogens (tertiary/aromatic N) is 4. The second-order valence-corrected chi connectivity index (χ2v) is 10.0. The van der Waals surface area contributed by atoms with Crippen LogP contribution >= 0.6 is 23.4 Å². The number of hydrogen-bond acceptors (Lipinski definition) is 7. The molecular weight excluding hydrogens is 472 g/mol. The lowest BCUT2D eigenvalue weighted by Crippen LogP contribution is -2.47. The topological polar surface area (TPSA) is 67.8 Å². The van der Waals surface area contributed by atoms with Gasteiger partial charge in [-0.2, -0.15) is 0 Å². The number of amides is 1. The Kier molecular flexibility index (Phi) is 8.69. The molecule has 34 heavy (non-hydrogen) atoms. The van der Waals surface area contributed by atoms with Crippen LogP contribution in [0.4, 0.5) is 5.82 Å². The number of carbonyl (C=O) groups is 1. The largest absolute Gasteiger partial charge is 0.356 e. The summed E-state index contributed by atoms with van der Waals surface area (Å²) in [6, 6.07) is 9.65. The predicted molar refractivity (Wildman–Crippen MR) is 136 cm³/mol. The molecule has 1 aromatic carbocycles. The molecule has 0 aliphatic carbocycles. The number of aromatic nitrogens is 2. The van der Waals surface area contributed by atoms with Crippen molar-refractivity contribution in [3.63, 3.8) is 0 Å². The molecule has 0 bridgehead atoms. The summed E-state index contributed by atoms with van der Waals surface area (Å²) < 4.78 is 11.6. The van der Waals surface area contributed by atoms with Crippen LogP contribution in [-0.4, -0.2) is 66.0 Å². The number of hydrogen-bond donors (Lipinski definition) is 0. The lowest BCUT2D eigenvalue weighted by atomic mass is 10.0. The smallest absolute Gasteiger partial charge is 0.253 e. The third-order valence-corrected chi connectivity index (χ3v) is 7.25. The quantitative estimate of drug-likeness (QED) is 0.269. The third-order valence-electron chi connectivity index (χ3n) is 6.14. The Labute approximate surface area is 211 Å². The van der Waals surface area contributed by atoms with E-state index in [1.807, 2.05) is 35.2 Å². The molecule has 0 radical (unpaired) electrons. The Morgan fingerprint density at radius 2 is 1.82 bits per heavy atom. The number of thioether (sulfide) groups is 1. The van der Waals surface area contributed by atoms with Crippen LogP contribution < -0.4 is 4.90 Å². The fraction of sp³-hybridized carbons (Fsp3) is 0.560. The van der Waals surface area contributed by atoms with Crippen LogP contribution in [0.1, 0.15) is 55.5 Å². The van der Waals surface area contributed by atoms with Gasteiger partial charge in [0.25, 0.3) is 5.91 Å². The van der Waals surface area contributed by atoms with Crippen LogP contribution in [0, 0.1) is 0 Å². The number of likely N-dealkylation sites (tertiary alicyclic amines) is 1. The van der Waals surface area contributed by atoms with Crippen molar-refractivity contribution in [2.75, 3.05) is 44.3 Å². The van der Waals surface area contributed by atoms with Crippen molar-refractivity contribution in [3.8, 4) is 0 Å². The molecule has 1 spiro atoms. The second-order valence-electron chi connectivity index (χ2n) is 8.71. The maximum atomic E-state index is 13.1. The van der Waals surface area contributed by atoms with Crippen molar-refractivity contribution < 1.29 is 14.3 Å². The van der Waals surface area contributed by atoms with E-state index in [-0.39, 0.29) is 5.91 Å². The molecule has 0 saturated carbocycles. The van der Waals surface area contributed by atoms with Gasteiger partial charge in [-0.05, 0) is 30.5 Å². The highest BCUT2D eigenvalue weighted by atomic mass is 35.5. The van der Waals surface area contributed by atoms with Crippen LogP contribution in [0.3, 0.4) is 0 Å². The Hall–Kier alpha value is -1.87. The summed E-state index contributed by atoms with van der Waals surface area (Å²) in [7, 11) is 0. The molecule has 4 rings (SSSR count). The molecule has 0 atom stereocenters. The first kappa shape index (κ1) is 25.2. The molecule has 2 aliphatic rings. The minimum Gasteiger partial charge on any atom is -0.356 e. The fourth-order valence-corrected chi connectivity index (χ4v) is 5.48. The summed E-state index contributed by atoms with van der Waals surface area (Å²) in [4.78, 5) is 26.4. The molecule has 3 heterocycles. The van der Waals surface area contributed by atoms with Crippen LogP contribution in [0.2, 0.25) is 5.15 Å². The standard InChI is InChI=1S/C25H33ClN4O3S/c1-3-10-29(11-4-2)22-17-21(26)27-24(28-22)34-18-19-6-5-7-20(16-19)23(31)30-12-8-25(9-13-30)32-14-15-33-25/h5-7,16-17H,3-4,8-15,18H2,1-2H3. The molecule has 184 valence electrons. The summed E-state index contributed by atoms with van der Waals surface area (Å²) in [6.45, 7) is 8.76. The van der Waals surface area contributed by atoms with E-state index in [2.05, 4.69) is 23.7 Å². The summed E-state index contributed by atoms with van der Waals surface area (Å²) in [5.41, 5.74) is 1.75. The third kappa shape index (κ3) is 6.22. The van der Waals surface area contributed by atoms with Crippen LogP contribution in [0.5, 0.6) is 0 Å². The number of anilines is 1. The zero-order valence-corrected chi connectivity index (χ0v) is 21.5. The molecule has 7 nitrogen and oxygen atoms in total. The highest BCUT2D eigenvalue weighted by Crippen LogP contribution is 2.32. The normalized spacial score (nSPS) is 17.3. The van der Waals surface area contributed by atoms with Crippen molar-refractivity contribution in [1.82, 2.24) is 14.9 Å². The average Bonchev–Trinajstić information content (AvgIpc) is 3.30. The first-order chi connectivity index (χ1) is 16.5. The van der Waals surface area contributed by atoms with Gasteiger partial charge in [0.05, 0.1) is 13.2 Å². The molecule has 2 saturated heterocycles. The maximum Gasteiger partial charge on any atom is 0.253 e. The molecule has 0 N–H and O–H groups in total. The number of halogens is 1. The zero-order chi connectivity index (χ0) is 24.0. The van der Waals surface area contributed by atoms with Gasteiger partial charge >= 0.3 is 0 Å². The van der Waals surface area contributed by atoms with Crippen LogP contribution in [-0.2, 0) is 15.2 Å². The predicted octanol–water partition coefficient (Wildman–Crippen LogP) is 5.03. The van der Waals surface area contributed by atoms with Gasteiger partial charge in [0.1, 0.15) is 11.0 Å². The van der Waals surface area contributed by atoms with Crippen LogP contribution in [0.25, 0.3) is 0 Å². The van der Waals surface area contributed by atoms with Gasteiger partial charge in [-0.3, -0.25) is 4.79 Å². The van der Waals surface area contributed by atoms with Gasteiger partial charge < -0.3 is 19.3 Å². The number of ether oxygens (including phenoxy) is 2. The molecule has 2 fully saturated rings. The van der Waals surface area contributed by atoms with E-state index in [0.29, 0.717) is 47.9 Å².